The Morgan fingerprint density at radius 2 is 2.15 bits per heavy atom. The van der Waals surface area contributed by atoms with Crippen LogP contribution in [0.1, 0.15) is 4.88 Å². The zero-order valence-electron chi connectivity index (χ0n) is 10.6. The summed E-state index contributed by atoms with van der Waals surface area (Å²) < 4.78 is 7.24. The first-order valence-corrected chi connectivity index (χ1v) is 8.48. The molecule has 1 aromatic heterocycles. The van der Waals surface area contributed by atoms with Crippen molar-refractivity contribution in [2.75, 3.05) is 13.2 Å². The summed E-state index contributed by atoms with van der Waals surface area (Å²) in [5, 5.41) is 4.87. The Kier molecular flexibility index (Phi) is 6.06. The lowest BCUT2D eigenvalue weighted by Gasteiger charge is -2.08. The van der Waals surface area contributed by atoms with Crippen LogP contribution in [0.4, 0.5) is 0 Å². The van der Waals surface area contributed by atoms with E-state index in [9.17, 15) is 4.79 Å². The van der Waals surface area contributed by atoms with Crippen LogP contribution in [0.25, 0.3) is 0 Å². The van der Waals surface area contributed by atoms with E-state index in [0.717, 1.165) is 15.4 Å². The van der Waals surface area contributed by atoms with E-state index in [2.05, 4.69) is 43.2 Å². The van der Waals surface area contributed by atoms with Crippen LogP contribution in [-0.4, -0.2) is 19.1 Å². The first-order chi connectivity index (χ1) is 9.65. The van der Waals surface area contributed by atoms with Crippen LogP contribution in [0.15, 0.2) is 44.7 Å². The third-order valence-electron chi connectivity index (χ3n) is 2.53. The van der Waals surface area contributed by atoms with Crippen LogP contribution in [0, 0.1) is 0 Å². The predicted octanol–water partition coefficient (Wildman–Crippen LogP) is 4.01. The average molecular weight is 419 g/mol. The first-order valence-electron chi connectivity index (χ1n) is 6.02. The number of hydrogen-bond acceptors (Lipinski definition) is 3. The highest BCUT2D eigenvalue weighted by Crippen LogP contribution is 2.28. The fourth-order valence-electron chi connectivity index (χ4n) is 1.57. The summed E-state index contributed by atoms with van der Waals surface area (Å²) in [6.07, 6.45) is 0.853. The second kappa shape index (κ2) is 7.81. The maximum absolute atomic E-state index is 11.7. The smallest absolute Gasteiger partial charge is 0.257 e. The van der Waals surface area contributed by atoms with E-state index >= 15 is 0 Å². The topological polar surface area (TPSA) is 38.3 Å². The van der Waals surface area contributed by atoms with Crippen LogP contribution < -0.4 is 10.1 Å². The van der Waals surface area contributed by atoms with E-state index in [1.54, 1.807) is 11.3 Å². The van der Waals surface area contributed by atoms with Gasteiger partial charge in [-0.05, 0) is 52.0 Å². The van der Waals surface area contributed by atoms with Crippen molar-refractivity contribution >= 4 is 49.1 Å². The van der Waals surface area contributed by atoms with E-state index in [-0.39, 0.29) is 12.5 Å². The summed E-state index contributed by atoms with van der Waals surface area (Å²) in [5.41, 5.74) is 0. The number of hydrogen-bond donors (Lipinski definition) is 1. The monoisotopic (exact) mass is 417 g/mol. The van der Waals surface area contributed by atoms with Gasteiger partial charge < -0.3 is 10.1 Å². The van der Waals surface area contributed by atoms with Crippen LogP contribution in [0.3, 0.4) is 0 Å². The van der Waals surface area contributed by atoms with Gasteiger partial charge in [-0.15, -0.1) is 11.3 Å². The molecule has 0 aliphatic rings. The van der Waals surface area contributed by atoms with Crippen molar-refractivity contribution in [3.05, 3.63) is 49.5 Å². The van der Waals surface area contributed by atoms with Crippen LogP contribution in [0.2, 0.25) is 0 Å². The highest BCUT2D eigenvalue weighted by atomic mass is 79.9. The maximum atomic E-state index is 11.7. The first kappa shape index (κ1) is 15.5. The van der Waals surface area contributed by atoms with E-state index < -0.39 is 0 Å². The minimum absolute atomic E-state index is 0.0185. The number of ether oxygens (including phenoxy) is 1. The molecular formula is C14H13Br2NO2S. The molecule has 2 rings (SSSR count). The van der Waals surface area contributed by atoms with E-state index in [1.165, 1.54) is 4.88 Å². The molecule has 0 saturated carbocycles. The SMILES string of the molecule is O=C(COc1ccc(Br)cc1Br)NCCc1cccs1. The summed E-state index contributed by atoms with van der Waals surface area (Å²) in [5.74, 6) is 0.540. The molecule has 0 atom stereocenters. The Morgan fingerprint density at radius 1 is 1.30 bits per heavy atom. The minimum atomic E-state index is -0.114. The molecule has 1 amide bonds. The highest BCUT2D eigenvalue weighted by Gasteiger charge is 2.06. The fourth-order valence-corrected chi connectivity index (χ4v) is 3.44. The molecule has 1 aromatic carbocycles. The summed E-state index contributed by atoms with van der Waals surface area (Å²) in [4.78, 5) is 12.9. The zero-order chi connectivity index (χ0) is 14.4. The van der Waals surface area contributed by atoms with Gasteiger partial charge in [0.1, 0.15) is 5.75 Å². The van der Waals surface area contributed by atoms with Crippen molar-refractivity contribution in [3.63, 3.8) is 0 Å². The van der Waals surface area contributed by atoms with Gasteiger partial charge in [0.2, 0.25) is 0 Å². The average Bonchev–Trinajstić information content (AvgIpc) is 2.91. The molecule has 0 fully saturated rings. The molecule has 3 nitrogen and oxygen atoms in total. The largest absolute Gasteiger partial charge is 0.483 e. The molecule has 0 saturated heterocycles. The third-order valence-corrected chi connectivity index (χ3v) is 4.58. The Hall–Kier alpha value is -0.850. The zero-order valence-corrected chi connectivity index (χ0v) is 14.6. The highest BCUT2D eigenvalue weighted by molar-refractivity contribution is 9.11. The van der Waals surface area contributed by atoms with Crippen molar-refractivity contribution in [1.29, 1.82) is 0 Å². The van der Waals surface area contributed by atoms with Gasteiger partial charge in [-0.2, -0.15) is 0 Å². The van der Waals surface area contributed by atoms with Crippen molar-refractivity contribution in [3.8, 4) is 5.75 Å². The Labute approximate surface area is 138 Å². The molecule has 20 heavy (non-hydrogen) atoms. The summed E-state index contributed by atoms with van der Waals surface area (Å²) >= 11 is 8.45. The summed E-state index contributed by atoms with van der Waals surface area (Å²) in [7, 11) is 0. The Morgan fingerprint density at radius 3 is 2.85 bits per heavy atom. The molecule has 0 spiro atoms. The lowest BCUT2D eigenvalue weighted by molar-refractivity contribution is -0.123. The number of nitrogens with one attached hydrogen (secondary N) is 1. The molecule has 6 heteroatoms. The van der Waals surface area contributed by atoms with Gasteiger partial charge in [0, 0.05) is 15.9 Å². The molecule has 0 bridgehead atoms. The third kappa shape index (κ3) is 4.92. The van der Waals surface area contributed by atoms with Crippen LogP contribution in [-0.2, 0) is 11.2 Å². The van der Waals surface area contributed by atoms with Gasteiger partial charge in [0.05, 0.1) is 4.47 Å². The number of halogens is 2. The predicted molar refractivity (Wildman–Crippen MR) is 88.4 cm³/mol. The molecule has 1 N–H and O–H groups in total. The molecule has 0 unspecified atom stereocenters. The van der Waals surface area contributed by atoms with Gasteiger partial charge in [-0.25, -0.2) is 0 Å². The molecule has 0 aliphatic heterocycles. The molecule has 2 aromatic rings. The van der Waals surface area contributed by atoms with Crippen molar-refractivity contribution in [1.82, 2.24) is 5.32 Å². The maximum Gasteiger partial charge on any atom is 0.257 e. The van der Waals surface area contributed by atoms with Gasteiger partial charge in [0.25, 0.3) is 5.91 Å². The van der Waals surface area contributed by atoms with E-state index in [0.29, 0.717) is 12.3 Å². The molecule has 0 radical (unpaired) electrons. The van der Waals surface area contributed by atoms with Crippen molar-refractivity contribution < 1.29 is 9.53 Å². The van der Waals surface area contributed by atoms with E-state index in [4.69, 9.17) is 4.74 Å². The van der Waals surface area contributed by atoms with Gasteiger partial charge in [-0.1, -0.05) is 22.0 Å². The van der Waals surface area contributed by atoms with Crippen LogP contribution >= 0.6 is 43.2 Å². The molecular weight excluding hydrogens is 406 g/mol. The number of thiophene rings is 1. The second-order valence-electron chi connectivity index (χ2n) is 4.04. The Balaban J connectivity index is 1.72. The molecule has 1 heterocycles. The lowest BCUT2D eigenvalue weighted by Crippen LogP contribution is -2.30. The number of rotatable bonds is 6. The number of benzene rings is 1. The van der Waals surface area contributed by atoms with Gasteiger partial charge in [0.15, 0.2) is 6.61 Å². The lowest BCUT2D eigenvalue weighted by atomic mass is 10.3. The number of amides is 1. The second-order valence-corrected chi connectivity index (χ2v) is 6.84. The van der Waals surface area contributed by atoms with Gasteiger partial charge in [-0.3, -0.25) is 4.79 Å². The number of carbonyl (C=O) groups is 1. The van der Waals surface area contributed by atoms with Gasteiger partial charge >= 0.3 is 0 Å². The fraction of sp³-hybridized carbons (Fsp3) is 0.214. The number of carbonyl (C=O) groups excluding carboxylic acids is 1. The van der Waals surface area contributed by atoms with Crippen molar-refractivity contribution in [2.24, 2.45) is 0 Å². The Bertz CT molecular complexity index is 573. The summed E-state index contributed by atoms with van der Waals surface area (Å²) in [6, 6.07) is 9.63. The standard InChI is InChI=1S/C14H13Br2NO2S/c15-10-3-4-13(12(16)8-10)19-9-14(18)17-6-5-11-2-1-7-20-11/h1-4,7-8H,5-6,9H2,(H,17,18). The molecule has 0 aliphatic carbocycles. The van der Waals surface area contributed by atoms with Crippen LogP contribution in [0.5, 0.6) is 5.75 Å². The quantitative estimate of drug-likeness (QED) is 0.769. The summed E-state index contributed by atoms with van der Waals surface area (Å²) in [6.45, 7) is 0.648. The minimum Gasteiger partial charge on any atom is -0.483 e. The molecule has 106 valence electrons. The normalized spacial score (nSPS) is 10.3. The van der Waals surface area contributed by atoms with Crippen molar-refractivity contribution in [2.45, 2.75) is 6.42 Å². The van der Waals surface area contributed by atoms with E-state index in [1.807, 2.05) is 29.6 Å².